The second-order valence-electron chi connectivity index (χ2n) is 5.69. The molecule has 3 rings (SSSR count). The van der Waals surface area contributed by atoms with Crippen molar-refractivity contribution in [3.8, 4) is 5.69 Å². The fraction of sp³-hybridized carbons (Fsp3) is 0.375. The summed E-state index contributed by atoms with van der Waals surface area (Å²) in [6, 6.07) is 7.89. The number of nitrogens with zero attached hydrogens (tertiary/aromatic N) is 2. The lowest BCUT2D eigenvalue weighted by Crippen LogP contribution is -2.41. The van der Waals surface area contributed by atoms with E-state index in [1.165, 1.54) is 0 Å². The van der Waals surface area contributed by atoms with Gasteiger partial charge in [0.25, 0.3) is 5.91 Å². The molecule has 0 aliphatic heterocycles. The van der Waals surface area contributed by atoms with Crippen LogP contribution < -0.4 is 11.1 Å². The normalized spacial score (nSPS) is 14.9. The molecule has 0 saturated heterocycles. The van der Waals surface area contributed by atoms with Gasteiger partial charge in [0.15, 0.2) is 0 Å². The molecule has 3 N–H and O–H groups in total. The number of carbonyl (C=O) groups is 1. The van der Waals surface area contributed by atoms with Crippen LogP contribution in [-0.2, 0) is 0 Å². The van der Waals surface area contributed by atoms with Gasteiger partial charge in [0, 0.05) is 17.1 Å². The first-order valence-corrected chi connectivity index (χ1v) is 8.21. The smallest absolute Gasteiger partial charge is 0.255 e. The fourth-order valence-electron chi connectivity index (χ4n) is 2.61. The zero-order valence-electron chi connectivity index (χ0n) is 12.8. The number of carbonyl (C=O) groups excluding carboxylic acids is 1. The highest BCUT2D eigenvalue weighted by Crippen LogP contribution is 2.32. The van der Waals surface area contributed by atoms with Crippen molar-refractivity contribution >= 4 is 34.2 Å². The molecule has 7 heteroatoms. The van der Waals surface area contributed by atoms with E-state index < -0.39 is 0 Å². The first kappa shape index (κ1) is 18.0. The molecule has 0 radical (unpaired) electrons. The van der Waals surface area contributed by atoms with Crippen molar-refractivity contribution in [3.63, 3.8) is 0 Å². The van der Waals surface area contributed by atoms with Crippen LogP contribution in [0.1, 0.15) is 28.9 Å². The molecule has 1 aromatic heterocycles. The van der Waals surface area contributed by atoms with Crippen molar-refractivity contribution in [3.05, 3.63) is 46.2 Å². The third kappa shape index (κ3) is 3.94. The largest absolute Gasteiger partial charge is 0.348 e. The lowest BCUT2D eigenvalue weighted by Gasteiger charge is -2.15. The number of benzene rings is 1. The number of nitrogens with two attached hydrogens (primary N) is 1. The summed E-state index contributed by atoms with van der Waals surface area (Å²) < 4.78 is 2.75. The number of hydrogen-bond acceptors (Lipinski definition) is 3. The number of halogens is 2. The minimum Gasteiger partial charge on any atom is -0.348 e. The number of rotatable bonds is 5. The topological polar surface area (TPSA) is 72.9 Å². The Morgan fingerprint density at radius 3 is 2.87 bits per heavy atom. The van der Waals surface area contributed by atoms with Crippen molar-refractivity contribution in [1.82, 2.24) is 15.1 Å². The quantitative estimate of drug-likeness (QED) is 0.812. The molecular weight excluding hydrogens is 380 g/mol. The maximum Gasteiger partial charge on any atom is 0.255 e. The Morgan fingerprint density at radius 2 is 2.26 bits per heavy atom. The first-order valence-electron chi connectivity index (χ1n) is 7.41. The summed E-state index contributed by atoms with van der Waals surface area (Å²) in [5, 5.41) is 7.38. The Morgan fingerprint density at radius 1 is 1.52 bits per heavy atom. The van der Waals surface area contributed by atoms with Crippen molar-refractivity contribution in [1.29, 1.82) is 0 Å². The van der Waals surface area contributed by atoms with Gasteiger partial charge in [-0.2, -0.15) is 5.10 Å². The SMILES string of the molecule is Cc1c(C(=O)NC(CN)C2CC2)cnn1-c1cccc(Br)c1.Cl. The van der Waals surface area contributed by atoms with Crippen LogP contribution in [0.5, 0.6) is 0 Å². The van der Waals surface area contributed by atoms with E-state index in [1.54, 1.807) is 10.9 Å². The molecule has 23 heavy (non-hydrogen) atoms. The Hall–Kier alpha value is -1.37. The summed E-state index contributed by atoms with van der Waals surface area (Å²) in [5.74, 6) is 0.440. The lowest BCUT2D eigenvalue weighted by atomic mass is 10.1. The number of nitrogens with one attached hydrogen (secondary N) is 1. The molecule has 1 fully saturated rings. The van der Waals surface area contributed by atoms with Gasteiger partial charge in [0.1, 0.15) is 0 Å². The van der Waals surface area contributed by atoms with Crippen LogP contribution in [0.2, 0.25) is 0 Å². The van der Waals surface area contributed by atoms with Crippen molar-refractivity contribution < 1.29 is 4.79 Å². The van der Waals surface area contributed by atoms with E-state index in [-0.39, 0.29) is 24.4 Å². The molecule has 0 spiro atoms. The predicted octanol–water partition coefficient (Wildman–Crippen LogP) is 2.83. The summed E-state index contributed by atoms with van der Waals surface area (Å²) in [6.45, 7) is 2.38. The zero-order chi connectivity index (χ0) is 15.7. The summed E-state index contributed by atoms with van der Waals surface area (Å²) in [4.78, 5) is 12.4. The lowest BCUT2D eigenvalue weighted by molar-refractivity contribution is 0.0933. The molecule has 1 amide bonds. The average Bonchev–Trinajstić information content (AvgIpc) is 3.27. The summed E-state index contributed by atoms with van der Waals surface area (Å²) in [6.07, 6.45) is 3.92. The number of hydrogen-bond donors (Lipinski definition) is 2. The Bertz CT molecular complexity index is 699. The summed E-state index contributed by atoms with van der Waals surface area (Å²) in [7, 11) is 0. The molecule has 1 aromatic carbocycles. The Balaban J connectivity index is 0.00000192. The molecule has 1 saturated carbocycles. The monoisotopic (exact) mass is 398 g/mol. The van der Waals surface area contributed by atoms with Gasteiger partial charge >= 0.3 is 0 Å². The second-order valence-corrected chi connectivity index (χ2v) is 6.60. The van der Waals surface area contributed by atoms with Crippen LogP contribution in [0, 0.1) is 12.8 Å². The number of amides is 1. The molecule has 1 unspecified atom stereocenters. The van der Waals surface area contributed by atoms with Crippen molar-refractivity contribution in [2.75, 3.05) is 6.54 Å². The van der Waals surface area contributed by atoms with Gasteiger partial charge in [-0.3, -0.25) is 4.79 Å². The highest BCUT2D eigenvalue weighted by atomic mass is 79.9. The van der Waals surface area contributed by atoms with Gasteiger partial charge in [-0.1, -0.05) is 22.0 Å². The molecule has 1 heterocycles. The van der Waals surface area contributed by atoms with Gasteiger partial charge in [-0.15, -0.1) is 12.4 Å². The minimum absolute atomic E-state index is 0. The van der Waals surface area contributed by atoms with E-state index >= 15 is 0 Å². The summed E-state index contributed by atoms with van der Waals surface area (Å²) >= 11 is 3.45. The molecule has 2 aromatic rings. The van der Waals surface area contributed by atoms with E-state index in [4.69, 9.17) is 5.73 Å². The zero-order valence-corrected chi connectivity index (χ0v) is 15.2. The van der Waals surface area contributed by atoms with Gasteiger partial charge in [0.05, 0.1) is 23.1 Å². The van der Waals surface area contributed by atoms with Crippen molar-refractivity contribution in [2.24, 2.45) is 11.7 Å². The first-order chi connectivity index (χ1) is 10.6. The van der Waals surface area contributed by atoms with Crippen molar-refractivity contribution in [2.45, 2.75) is 25.8 Å². The van der Waals surface area contributed by atoms with Crippen LogP contribution >= 0.6 is 28.3 Å². The molecule has 1 atom stereocenters. The van der Waals surface area contributed by atoms with Crippen LogP contribution in [0.4, 0.5) is 0 Å². The molecule has 0 bridgehead atoms. The number of aromatic nitrogens is 2. The maximum atomic E-state index is 12.4. The van der Waals surface area contributed by atoms with E-state index in [0.717, 1.165) is 28.7 Å². The third-order valence-corrected chi connectivity index (χ3v) is 4.56. The Labute approximate surface area is 150 Å². The maximum absolute atomic E-state index is 12.4. The van der Waals surface area contributed by atoms with Crippen LogP contribution in [-0.4, -0.2) is 28.3 Å². The third-order valence-electron chi connectivity index (χ3n) is 4.07. The predicted molar refractivity (Wildman–Crippen MR) is 96.3 cm³/mol. The molecule has 124 valence electrons. The molecular formula is C16H20BrClN4O. The molecule has 1 aliphatic carbocycles. The van der Waals surface area contributed by atoms with Gasteiger partial charge in [0.2, 0.25) is 0 Å². The van der Waals surface area contributed by atoms with Gasteiger partial charge in [-0.05, 0) is 43.9 Å². The standard InChI is InChI=1S/C16H19BrN4O.ClH/c1-10-14(16(22)20-15(8-18)11-5-6-11)9-19-21(10)13-4-2-3-12(17)7-13;/h2-4,7,9,11,15H,5-6,8,18H2,1H3,(H,20,22);1H. The molecule has 5 nitrogen and oxygen atoms in total. The molecule has 1 aliphatic rings. The highest BCUT2D eigenvalue weighted by molar-refractivity contribution is 9.10. The van der Waals surface area contributed by atoms with Crippen LogP contribution in [0.15, 0.2) is 34.9 Å². The van der Waals surface area contributed by atoms with E-state index in [2.05, 4.69) is 26.3 Å². The average molecular weight is 400 g/mol. The minimum atomic E-state index is -0.0962. The van der Waals surface area contributed by atoms with E-state index in [0.29, 0.717) is 18.0 Å². The van der Waals surface area contributed by atoms with Gasteiger partial charge < -0.3 is 11.1 Å². The van der Waals surface area contributed by atoms with E-state index in [9.17, 15) is 4.79 Å². The van der Waals surface area contributed by atoms with E-state index in [1.807, 2.05) is 31.2 Å². The van der Waals surface area contributed by atoms with Gasteiger partial charge in [-0.25, -0.2) is 4.68 Å². The fourth-order valence-corrected chi connectivity index (χ4v) is 3.00. The second kappa shape index (κ2) is 7.47. The highest BCUT2D eigenvalue weighted by Gasteiger charge is 2.32. The Kier molecular flexibility index (Phi) is 5.84. The van der Waals surface area contributed by atoms with Crippen LogP contribution in [0.3, 0.4) is 0 Å². The summed E-state index contributed by atoms with van der Waals surface area (Å²) in [5.41, 5.74) is 8.09. The van der Waals surface area contributed by atoms with Crippen LogP contribution in [0.25, 0.3) is 5.69 Å².